The highest BCUT2D eigenvalue weighted by atomic mass is 16.3. The van der Waals surface area contributed by atoms with Gasteiger partial charge >= 0.3 is 6.03 Å². The van der Waals surface area contributed by atoms with Gasteiger partial charge in [0, 0.05) is 12.1 Å². The van der Waals surface area contributed by atoms with Crippen molar-refractivity contribution >= 4 is 6.03 Å². The van der Waals surface area contributed by atoms with Crippen LogP contribution in [0.3, 0.4) is 0 Å². The zero-order valence-corrected chi connectivity index (χ0v) is 15.1. The van der Waals surface area contributed by atoms with Gasteiger partial charge in [-0.3, -0.25) is 0 Å². The summed E-state index contributed by atoms with van der Waals surface area (Å²) in [6.07, 6.45) is 3.09. The first-order valence-corrected chi connectivity index (χ1v) is 8.59. The van der Waals surface area contributed by atoms with Crippen molar-refractivity contribution in [1.29, 1.82) is 0 Å². The molecule has 0 aliphatic carbocycles. The molecule has 2 amide bonds. The maximum Gasteiger partial charge on any atom is 0.315 e. The number of benzene rings is 1. The topological polar surface area (TPSA) is 87.4 Å². The van der Waals surface area contributed by atoms with Gasteiger partial charge in [-0.25, -0.2) is 9.78 Å². The summed E-state index contributed by atoms with van der Waals surface area (Å²) in [5.74, 6) is 1.04. The van der Waals surface area contributed by atoms with Gasteiger partial charge in [0.1, 0.15) is 6.26 Å². The molecular formula is C19H27N3O3. The zero-order chi connectivity index (χ0) is 18.3. The molecule has 2 aromatic rings. The molecule has 2 rings (SSSR count). The Hall–Kier alpha value is -2.34. The average molecular weight is 345 g/mol. The molecule has 1 atom stereocenters. The smallest absolute Gasteiger partial charge is 0.315 e. The SMILES string of the molecule is CC(C)CCC(C)(O)CNC(=O)NCc1coc(-c2ccccc2)n1. The minimum Gasteiger partial charge on any atom is -0.444 e. The highest BCUT2D eigenvalue weighted by molar-refractivity contribution is 5.73. The molecular weight excluding hydrogens is 318 g/mol. The summed E-state index contributed by atoms with van der Waals surface area (Å²) in [6.45, 7) is 6.42. The molecule has 0 fully saturated rings. The number of amides is 2. The Balaban J connectivity index is 1.76. The number of oxazole rings is 1. The number of hydrogen-bond acceptors (Lipinski definition) is 4. The number of urea groups is 1. The fourth-order valence-corrected chi connectivity index (χ4v) is 2.29. The lowest BCUT2D eigenvalue weighted by Gasteiger charge is -2.24. The predicted molar refractivity (Wildman–Crippen MR) is 96.9 cm³/mol. The van der Waals surface area contributed by atoms with Crippen LogP contribution < -0.4 is 10.6 Å². The van der Waals surface area contributed by atoms with E-state index in [2.05, 4.69) is 29.5 Å². The number of aliphatic hydroxyl groups is 1. The molecule has 136 valence electrons. The molecule has 0 aliphatic heterocycles. The largest absolute Gasteiger partial charge is 0.444 e. The third-order valence-electron chi connectivity index (χ3n) is 3.89. The second-order valence-corrected chi connectivity index (χ2v) is 6.98. The van der Waals surface area contributed by atoms with Crippen LogP contribution in [0.5, 0.6) is 0 Å². The van der Waals surface area contributed by atoms with Crippen LogP contribution in [-0.2, 0) is 6.54 Å². The Labute approximate surface area is 148 Å². The van der Waals surface area contributed by atoms with Crippen LogP contribution in [0.15, 0.2) is 41.0 Å². The number of rotatable bonds is 8. The van der Waals surface area contributed by atoms with Crippen LogP contribution in [-0.4, -0.2) is 28.3 Å². The predicted octanol–water partition coefficient (Wildman–Crippen LogP) is 3.33. The number of carbonyl (C=O) groups excluding carboxylic acids is 1. The quantitative estimate of drug-likeness (QED) is 0.685. The van der Waals surface area contributed by atoms with Gasteiger partial charge in [-0.15, -0.1) is 0 Å². The van der Waals surface area contributed by atoms with Crippen molar-refractivity contribution in [2.24, 2.45) is 5.92 Å². The first kappa shape index (κ1) is 19.0. The molecule has 0 aliphatic rings. The second-order valence-electron chi connectivity index (χ2n) is 6.98. The summed E-state index contributed by atoms with van der Waals surface area (Å²) < 4.78 is 5.43. The van der Waals surface area contributed by atoms with Gasteiger partial charge in [0.2, 0.25) is 5.89 Å². The molecule has 0 radical (unpaired) electrons. The number of carbonyl (C=O) groups is 1. The molecule has 1 unspecified atom stereocenters. The zero-order valence-electron chi connectivity index (χ0n) is 15.1. The lowest BCUT2D eigenvalue weighted by molar-refractivity contribution is 0.0476. The number of nitrogens with one attached hydrogen (secondary N) is 2. The molecule has 6 heteroatoms. The maximum absolute atomic E-state index is 11.9. The van der Waals surface area contributed by atoms with Crippen LogP contribution in [0, 0.1) is 5.92 Å². The van der Waals surface area contributed by atoms with Gasteiger partial charge in [0.05, 0.1) is 17.8 Å². The van der Waals surface area contributed by atoms with E-state index in [1.54, 1.807) is 6.92 Å². The van der Waals surface area contributed by atoms with Crippen molar-refractivity contribution in [2.45, 2.75) is 45.8 Å². The van der Waals surface area contributed by atoms with Crippen molar-refractivity contribution in [3.8, 4) is 11.5 Å². The molecule has 1 aromatic carbocycles. The second kappa shape index (κ2) is 8.67. The number of hydrogen-bond donors (Lipinski definition) is 3. The molecule has 1 heterocycles. The Morgan fingerprint density at radius 2 is 2.00 bits per heavy atom. The molecule has 0 saturated heterocycles. The van der Waals surface area contributed by atoms with E-state index in [-0.39, 0.29) is 19.1 Å². The van der Waals surface area contributed by atoms with Gasteiger partial charge in [-0.05, 0) is 37.8 Å². The highest BCUT2D eigenvalue weighted by Crippen LogP contribution is 2.18. The molecule has 6 nitrogen and oxygen atoms in total. The first-order valence-electron chi connectivity index (χ1n) is 8.59. The van der Waals surface area contributed by atoms with Crippen molar-refractivity contribution in [1.82, 2.24) is 15.6 Å². The molecule has 0 bridgehead atoms. The maximum atomic E-state index is 11.9. The fourth-order valence-electron chi connectivity index (χ4n) is 2.29. The standard InChI is InChI=1S/C19H27N3O3/c1-14(2)9-10-19(3,24)13-21-18(23)20-11-16-12-25-17(22-16)15-7-5-4-6-8-15/h4-8,12,14,24H,9-11,13H2,1-3H3,(H2,20,21,23). The van der Waals surface area contributed by atoms with Gasteiger partial charge in [-0.2, -0.15) is 0 Å². The van der Waals surface area contributed by atoms with E-state index in [0.717, 1.165) is 12.0 Å². The summed E-state index contributed by atoms with van der Waals surface area (Å²) in [7, 11) is 0. The van der Waals surface area contributed by atoms with Crippen molar-refractivity contribution in [3.05, 3.63) is 42.3 Å². The summed E-state index contributed by atoms with van der Waals surface area (Å²) in [5.41, 5.74) is 0.621. The van der Waals surface area contributed by atoms with E-state index < -0.39 is 5.60 Å². The Bertz CT molecular complexity index is 666. The summed E-state index contributed by atoms with van der Waals surface area (Å²) in [5, 5.41) is 15.7. The van der Waals surface area contributed by atoms with Crippen LogP contribution in [0.25, 0.3) is 11.5 Å². The average Bonchev–Trinajstić information content (AvgIpc) is 3.06. The Kier molecular flexibility index (Phi) is 6.58. The van der Waals surface area contributed by atoms with Crippen molar-refractivity contribution in [2.75, 3.05) is 6.54 Å². The lowest BCUT2D eigenvalue weighted by atomic mass is 9.95. The van der Waals surface area contributed by atoms with E-state index in [4.69, 9.17) is 4.42 Å². The van der Waals surface area contributed by atoms with Gasteiger partial charge in [0.15, 0.2) is 0 Å². The molecule has 0 saturated carbocycles. The highest BCUT2D eigenvalue weighted by Gasteiger charge is 2.21. The van der Waals surface area contributed by atoms with E-state index in [0.29, 0.717) is 23.9 Å². The molecule has 3 N–H and O–H groups in total. The minimum absolute atomic E-state index is 0.208. The number of nitrogens with zero attached hydrogens (tertiary/aromatic N) is 1. The molecule has 0 spiro atoms. The van der Waals surface area contributed by atoms with E-state index in [1.165, 1.54) is 6.26 Å². The van der Waals surface area contributed by atoms with E-state index in [1.807, 2.05) is 30.3 Å². The fraction of sp³-hybridized carbons (Fsp3) is 0.474. The third kappa shape index (κ3) is 6.58. The summed E-state index contributed by atoms with van der Waals surface area (Å²) in [4.78, 5) is 16.2. The summed E-state index contributed by atoms with van der Waals surface area (Å²) >= 11 is 0. The van der Waals surface area contributed by atoms with Crippen molar-refractivity contribution < 1.29 is 14.3 Å². The Morgan fingerprint density at radius 1 is 1.28 bits per heavy atom. The van der Waals surface area contributed by atoms with E-state index in [9.17, 15) is 9.90 Å². The summed E-state index contributed by atoms with van der Waals surface area (Å²) in [6, 6.07) is 9.24. The van der Waals surface area contributed by atoms with Crippen LogP contribution in [0.4, 0.5) is 4.79 Å². The molecule has 25 heavy (non-hydrogen) atoms. The lowest BCUT2D eigenvalue weighted by Crippen LogP contribution is -2.44. The van der Waals surface area contributed by atoms with Gasteiger partial charge in [-0.1, -0.05) is 32.0 Å². The normalized spacial score (nSPS) is 13.5. The monoisotopic (exact) mass is 345 g/mol. The van der Waals surface area contributed by atoms with Gasteiger partial charge < -0.3 is 20.2 Å². The Morgan fingerprint density at radius 3 is 2.68 bits per heavy atom. The van der Waals surface area contributed by atoms with Crippen LogP contribution >= 0.6 is 0 Å². The van der Waals surface area contributed by atoms with Gasteiger partial charge in [0.25, 0.3) is 0 Å². The van der Waals surface area contributed by atoms with Crippen molar-refractivity contribution in [3.63, 3.8) is 0 Å². The minimum atomic E-state index is -0.907. The van der Waals surface area contributed by atoms with E-state index >= 15 is 0 Å². The molecule has 1 aromatic heterocycles. The first-order chi connectivity index (χ1) is 11.9. The van der Waals surface area contributed by atoms with Crippen LogP contribution in [0.2, 0.25) is 0 Å². The number of aromatic nitrogens is 1. The third-order valence-corrected chi connectivity index (χ3v) is 3.89. The van der Waals surface area contributed by atoms with Crippen LogP contribution in [0.1, 0.15) is 39.3 Å².